The summed E-state index contributed by atoms with van der Waals surface area (Å²) in [4.78, 5) is 0. The van der Waals surface area contributed by atoms with E-state index in [0.717, 1.165) is 42.6 Å². The maximum absolute atomic E-state index is 15.1. The molecule has 0 saturated carbocycles. The average Bonchev–Trinajstić information content (AvgIpc) is 2.33. The average molecular weight is 235 g/mol. The molecular formula is C15H22FN. The number of halogens is 1. The Morgan fingerprint density at radius 2 is 2.12 bits per heavy atom. The summed E-state index contributed by atoms with van der Waals surface area (Å²) in [5, 5.41) is 3.30. The van der Waals surface area contributed by atoms with Crippen LogP contribution in [-0.4, -0.2) is 13.1 Å². The van der Waals surface area contributed by atoms with Gasteiger partial charge in [0.2, 0.25) is 0 Å². The third-order valence-corrected chi connectivity index (χ3v) is 3.98. The normalized spacial score (nSPS) is 24.4. The lowest BCUT2D eigenvalue weighted by Gasteiger charge is -2.35. The molecule has 0 aromatic heterocycles. The lowest BCUT2D eigenvalue weighted by atomic mass is 9.78. The third-order valence-electron chi connectivity index (χ3n) is 3.98. The van der Waals surface area contributed by atoms with Gasteiger partial charge in [-0.1, -0.05) is 23.8 Å². The minimum absolute atomic E-state index is 0.0942. The lowest BCUT2D eigenvalue weighted by Crippen LogP contribution is -2.40. The maximum atomic E-state index is 15.1. The van der Waals surface area contributed by atoms with Crippen molar-refractivity contribution in [1.29, 1.82) is 0 Å². The Labute approximate surface area is 103 Å². The number of aryl methyl sites for hydroxylation is 2. The summed E-state index contributed by atoms with van der Waals surface area (Å²) < 4.78 is 15.1. The van der Waals surface area contributed by atoms with E-state index in [0.29, 0.717) is 0 Å². The number of hydrogen-bond acceptors (Lipinski definition) is 1. The van der Waals surface area contributed by atoms with Crippen molar-refractivity contribution in [3.8, 4) is 0 Å². The Morgan fingerprint density at radius 1 is 1.35 bits per heavy atom. The summed E-state index contributed by atoms with van der Waals surface area (Å²) in [6.45, 7) is 7.59. The molecule has 2 atom stereocenters. The number of rotatable bonds is 2. The van der Waals surface area contributed by atoms with Crippen LogP contribution in [0.2, 0.25) is 0 Å². The zero-order chi connectivity index (χ0) is 12.5. The highest BCUT2D eigenvalue weighted by molar-refractivity contribution is 5.35. The van der Waals surface area contributed by atoms with Gasteiger partial charge >= 0.3 is 0 Å². The van der Waals surface area contributed by atoms with E-state index in [1.165, 1.54) is 0 Å². The van der Waals surface area contributed by atoms with E-state index < -0.39 is 5.67 Å². The van der Waals surface area contributed by atoms with Gasteiger partial charge in [0.15, 0.2) is 0 Å². The van der Waals surface area contributed by atoms with Gasteiger partial charge < -0.3 is 5.32 Å². The second-order valence-corrected chi connectivity index (χ2v) is 5.44. The van der Waals surface area contributed by atoms with Gasteiger partial charge in [0.05, 0.1) is 0 Å². The number of benzene rings is 1. The maximum Gasteiger partial charge on any atom is 0.137 e. The molecule has 17 heavy (non-hydrogen) atoms. The van der Waals surface area contributed by atoms with Crippen LogP contribution >= 0.6 is 0 Å². The highest BCUT2D eigenvalue weighted by Gasteiger charge is 2.37. The van der Waals surface area contributed by atoms with Gasteiger partial charge in [0, 0.05) is 12.5 Å². The van der Waals surface area contributed by atoms with Gasteiger partial charge in [-0.25, -0.2) is 4.39 Å². The molecule has 1 aromatic carbocycles. The van der Waals surface area contributed by atoms with Crippen molar-refractivity contribution in [2.75, 3.05) is 13.1 Å². The first kappa shape index (κ1) is 12.6. The van der Waals surface area contributed by atoms with Crippen molar-refractivity contribution in [3.05, 3.63) is 34.9 Å². The van der Waals surface area contributed by atoms with Crippen molar-refractivity contribution in [3.63, 3.8) is 0 Å². The minimum Gasteiger partial charge on any atom is -0.316 e. The third kappa shape index (κ3) is 2.52. The highest BCUT2D eigenvalue weighted by atomic mass is 19.1. The molecule has 2 rings (SSSR count). The van der Waals surface area contributed by atoms with E-state index in [9.17, 15) is 0 Å². The van der Waals surface area contributed by atoms with Crippen LogP contribution in [0.3, 0.4) is 0 Å². The monoisotopic (exact) mass is 235 g/mol. The van der Waals surface area contributed by atoms with Gasteiger partial charge in [-0.2, -0.15) is 0 Å². The molecule has 0 amide bonds. The largest absolute Gasteiger partial charge is 0.316 e. The van der Waals surface area contributed by atoms with Gasteiger partial charge in [0.1, 0.15) is 5.67 Å². The van der Waals surface area contributed by atoms with Crippen LogP contribution in [0.1, 0.15) is 36.5 Å². The lowest BCUT2D eigenvalue weighted by molar-refractivity contribution is 0.0805. The predicted octanol–water partition coefficient (Wildman–Crippen LogP) is 3.49. The first-order valence-electron chi connectivity index (χ1n) is 6.49. The highest BCUT2D eigenvalue weighted by Crippen LogP contribution is 2.39. The summed E-state index contributed by atoms with van der Waals surface area (Å²) in [5.41, 5.74) is 1.85. The van der Waals surface area contributed by atoms with Gasteiger partial charge in [0.25, 0.3) is 0 Å². The second kappa shape index (κ2) is 4.77. The van der Waals surface area contributed by atoms with E-state index in [1.54, 1.807) is 6.92 Å². The fourth-order valence-electron chi connectivity index (χ4n) is 2.80. The predicted molar refractivity (Wildman–Crippen MR) is 70.0 cm³/mol. The minimum atomic E-state index is -1.22. The fraction of sp³-hybridized carbons (Fsp3) is 0.600. The smallest absolute Gasteiger partial charge is 0.137 e. The zero-order valence-electron chi connectivity index (χ0n) is 11.0. The fourth-order valence-corrected chi connectivity index (χ4v) is 2.80. The van der Waals surface area contributed by atoms with Crippen LogP contribution in [0.4, 0.5) is 4.39 Å². The van der Waals surface area contributed by atoms with Gasteiger partial charge in [-0.05, 0) is 51.3 Å². The number of alkyl halides is 1. The standard InChI is InChI=1S/C15H22FN/c1-11-6-7-12(2)14(9-11)15(3,16)13-5-4-8-17-10-13/h6-7,9,13,17H,4-5,8,10H2,1-3H3. The molecule has 1 aliphatic heterocycles. The van der Waals surface area contributed by atoms with Crippen LogP contribution in [0.15, 0.2) is 18.2 Å². The number of hydrogen-bond donors (Lipinski definition) is 1. The molecular weight excluding hydrogens is 213 g/mol. The Bertz CT molecular complexity index is 392. The molecule has 94 valence electrons. The summed E-state index contributed by atoms with van der Waals surface area (Å²) in [6.07, 6.45) is 2.06. The summed E-state index contributed by atoms with van der Waals surface area (Å²) in [7, 11) is 0. The first-order chi connectivity index (χ1) is 8.01. The molecule has 0 aliphatic carbocycles. The molecule has 1 fully saturated rings. The van der Waals surface area contributed by atoms with Crippen LogP contribution in [0, 0.1) is 19.8 Å². The second-order valence-electron chi connectivity index (χ2n) is 5.44. The van der Waals surface area contributed by atoms with E-state index in [2.05, 4.69) is 5.32 Å². The van der Waals surface area contributed by atoms with Gasteiger partial charge in [-0.3, -0.25) is 0 Å². The molecule has 2 unspecified atom stereocenters. The Morgan fingerprint density at radius 3 is 2.76 bits per heavy atom. The number of piperidine rings is 1. The Hall–Kier alpha value is -0.890. The molecule has 2 heteroatoms. The topological polar surface area (TPSA) is 12.0 Å². The molecule has 0 spiro atoms. The zero-order valence-corrected chi connectivity index (χ0v) is 11.0. The molecule has 1 aromatic rings. The van der Waals surface area contributed by atoms with E-state index >= 15 is 4.39 Å². The van der Waals surface area contributed by atoms with E-state index in [1.807, 2.05) is 32.0 Å². The molecule has 1 N–H and O–H groups in total. The van der Waals surface area contributed by atoms with Gasteiger partial charge in [-0.15, -0.1) is 0 Å². The summed E-state index contributed by atoms with van der Waals surface area (Å²) >= 11 is 0. The van der Waals surface area contributed by atoms with Crippen LogP contribution in [0.25, 0.3) is 0 Å². The number of nitrogens with one attached hydrogen (secondary N) is 1. The first-order valence-corrected chi connectivity index (χ1v) is 6.49. The van der Waals surface area contributed by atoms with E-state index in [4.69, 9.17) is 0 Å². The molecule has 1 nitrogen and oxygen atoms in total. The molecule has 1 aliphatic rings. The summed E-state index contributed by atoms with van der Waals surface area (Å²) in [6, 6.07) is 6.08. The quantitative estimate of drug-likeness (QED) is 0.827. The van der Waals surface area contributed by atoms with Crippen LogP contribution in [0.5, 0.6) is 0 Å². The Kier molecular flexibility index (Phi) is 3.53. The van der Waals surface area contributed by atoms with Crippen molar-refractivity contribution in [2.45, 2.75) is 39.3 Å². The van der Waals surface area contributed by atoms with E-state index in [-0.39, 0.29) is 5.92 Å². The SMILES string of the molecule is Cc1ccc(C)c(C(C)(F)C2CCCNC2)c1. The van der Waals surface area contributed by atoms with Crippen molar-refractivity contribution in [1.82, 2.24) is 5.32 Å². The molecule has 1 heterocycles. The molecule has 0 radical (unpaired) electrons. The van der Waals surface area contributed by atoms with Crippen molar-refractivity contribution >= 4 is 0 Å². The van der Waals surface area contributed by atoms with Crippen LogP contribution < -0.4 is 5.32 Å². The molecule has 1 saturated heterocycles. The molecule has 0 bridgehead atoms. The summed E-state index contributed by atoms with van der Waals surface area (Å²) in [5.74, 6) is 0.0942. The van der Waals surface area contributed by atoms with Crippen molar-refractivity contribution < 1.29 is 4.39 Å². The Balaban J connectivity index is 2.32. The van der Waals surface area contributed by atoms with Crippen LogP contribution in [-0.2, 0) is 5.67 Å². The van der Waals surface area contributed by atoms with Crippen molar-refractivity contribution in [2.24, 2.45) is 5.92 Å².